The highest BCUT2D eigenvalue weighted by atomic mass is 16.5. The van der Waals surface area contributed by atoms with Gasteiger partial charge in [0.25, 0.3) is 5.56 Å². The summed E-state index contributed by atoms with van der Waals surface area (Å²) in [5.74, 6) is -0.869. The lowest BCUT2D eigenvalue weighted by Gasteiger charge is -1.96. The van der Waals surface area contributed by atoms with E-state index in [0.717, 1.165) is 0 Å². The van der Waals surface area contributed by atoms with E-state index in [2.05, 4.69) is 26.5 Å². The predicted molar refractivity (Wildman–Crippen MR) is 59.4 cm³/mol. The van der Waals surface area contributed by atoms with Gasteiger partial charge in [-0.2, -0.15) is 4.98 Å². The van der Waals surface area contributed by atoms with E-state index >= 15 is 0 Å². The first-order valence-electron chi connectivity index (χ1n) is 4.65. The topological polar surface area (TPSA) is 127 Å². The van der Waals surface area contributed by atoms with Gasteiger partial charge in [0, 0.05) is 0 Å². The largest absolute Gasteiger partial charge is 0.456 e. The van der Waals surface area contributed by atoms with E-state index in [1.165, 1.54) is 6.08 Å². The molecule has 4 N–H and O–H groups in total. The van der Waals surface area contributed by atoms with E-state index in [1.807, 2.05) is 0 Å². The zero-order valence-corrected chi connectivity index (χ0v) is 8.69. The van der Waals surface area contributed by atoms with Crippen molar-refractivity contribution in [2.75, 3.05) is 12.3 Å². The zero-order chi connectivity index (χ0) is 12.4. The number of nitrogens with one attached hydrogen (secondary N) is 2. The van der Waals surface area contributed by atoms with Gasteiger partial charge in [0.05, 0.1) is 0 Å². The van der Waals surface area contributed by atoms with E-state index in [1.54, 1.807) is 0 Å². The van der Waals surface area contributed by atoms with Crippen molar-refractivity contribution in [2.24, 2.45) is 0 Å². The van der Waals surface area contributed by atoms with Crippen LogP contribution in [0.15, 0.2) is 17.4 Å². The van der Waals surface area contributed by atoms with Crippen molar-refractivity contribution >= 4 is 23.1 Å². The summed E-state index contributed by atoms with van der Waals surface area (Å²) in [4.78, 5) is 35.3. The summed E-state index contributed by atoms with van der Waals surface area (Å²) in [6.45, 7) is 3.46. The lowest BCUT2D eigenvalue weighted by Crippen LogP contribution is -2.11. The van der Waals surface area contributed by atoms with Gasteiger partial charge >= 0.3 is 5.97 Å². The molecule has 88 valence electrons. The minimum atomic E-state index is -0.694. The number of esters is 1. The van der Waals surface area contributed by atoms with Crippen molar-refractivity contribution in [2.45, 2.75) is 0 Å². The molecule has 0 aromatic carbocycles. The average Bonchev–Trinajstić information content (AvgIpc) is 2.69. The molecule has 0 aliphatic carbocycles. The normalized spacial score (nSPS) is 10.4. The van der Waals surface area contributed by atoms with Crippen molar-refractivity contribution in [3.63, 3.8) is 0 Å². The molecule has 0 atom stereocenters. The van der Waals surface area contributed by atoms with Crippen molar-refractivity contribution in [1.29, 1.82) is 0 Å². The minimum Gasteiger partial charge on any atom is -0.456 e. The molecule has 0 fully saturated rings. The molecule has 17 heavy (non-hydrogen) atoms. The number of rotatable bonds is 3. The van der Waals surface area contributed by atoms with Crippen molar-refractivity contribution in [1.82, 2.24) is 19.9 Å². The third kappa shape index (κ3) is 2.00. The maximum absolute atomic E-state index is 11.4. The van der Waals surface area contributed by atoms with Crippen molar-refractivity contribution in [3.05, 3.63) is 28.8 Å². The number of hydrogen-bond acceptors (Lipinski definition) is 6. The third-order valence-corrected chi connectivity index (χ3v) is 1.91. The molecule has 0 spiro atoms. The van der Waals surface area contributed by atoms with Crippen LogP contribution in [-0.4, -0.2) is 32.5 Å². The first-order chi connectivity index (χ1) is 8.11. The molecule has 2 aromatic rings. The van der Waals surface area contributed by atoms with Crippen LogP contribution in [0.4, 0.5) is 5.95 Å². The van der Waals surface area contributed by atoms with E-state index in [0.29, 0.717) is 0 Å². The molecule has 2 rings (SSSR count). The highest BCUT2D eigenvalue weighted by molar-refractivity contribution is 5.89. The van der Waals surface area contributed by atoms with Gasteiger partial charge in [0.2, 0.25) is 11.8 Å². The Bertz CT molecular complexity index is 642. The molecule has 0 saturated heterocycles. The Morgan fingerprint density at radius 1 is 1.47 bits per heavy atom. The smallest absolute Gasteiger partial charge is 0.374 e. The molecular weight excluding hydrogens is 226 g/mol. The molecule has 0 radical (unpaired) electrons. The van der Waals surface area contributed by atoms with Gasteiger partial charge in [-0.3, -0.25) is 9.78 Å². The Labute approximate surface area is 94.5 Å². The number of aromatic nitrogens is 4. The Morgan fingerprint density at radius 2 is 2.24 bits per heavy atom. The standard InChI is InChI=1S/C9H9N5O3/c1-2-3-17-8(16)6-11-4-5(12-6)13-9(10)14-7(4)15/h2H,1,3H2,(H4,10,11,12,13,14,15). The maximum atomic E-state index is 11.4. The van der Waals surface area contributed by atoms with Crippen LogP contribution in [0.1, 0.15) is 10.6 Å². The molecule has 8 heteroatoms. The number of ether oxygens (including phenoxy) is 1. The van der Waals surface area contributed by atoms with E-state index in [-0.39, 0.29) is 29.5 Å². The van der Waals surface area contributed by atoms with Crippen LogP contribution in [-0.2, 0) is 4.74 Å². The predicted octanol–water partition coefficient (Wildman–Crippen LogP) is -0.429. The van der Waals surface area contributed by atoms with Gasteiger partial charge < -0.3 is 15.5 Å². The van der Waals surface area contributed by atoms with Crippen LogP contribution in [0.25, 0.3) is 11.2 Å². The summed E-state index contributed by atoms with van der Waals surface area (Å²) < 4.78 is 4.75. The molecule has 0 bridgehead atoms. The Kier molecular flexibility index (Phi) is 2.61. The number of hydrogen-bond donors (Lipinski definition) is 3. The van der Waals surface area contributed by atoms with Crippen LogP contribution >= 0.6 is 0 Å². The number of aromatic amines is 2. The molecule has 0 unspecified atom stereocenters. The number of imidazole rings is 1. The Balaban J connectivity index is 2.44. The van der Waals surface area contributed by atoms with Crippen molar-refractivity contribution < 1.29 is 9.53 Å². The van der Waals surface area contributed by atoms with Gasteiger partial charge in [0.15, 0.2) is 11.2 Å². The van der Waals surface area contributed by atoms with Gasteiger partial charge in [-0.25, -0.2) is 9.78 Å². The first-order valence-corrected chi connectivity index (χ1v) is 4.65. The summed E-state index contributed by atoms with van der Waals surface area (Å²) in [5.41, 5.74) is 4.98. The number of H-pyrrole nitrogens is 2. The van der Waals surface area contributed by atoms with Gasteiger partial charge in [-0.05, 0) is 0 Å². The monoisotopic (exact) mass is 235 g/mol. The SMILES string of the molecule is C=CCOC(=O)c1nc2nc(N)[nH]c(=O)c2[nH]1. The molecule has 8 nitrogen and oxygen atoms in total. The van der Waals surface area contributed by atoms with Crippen LogP contribution in [0.2, 0.25) is 0 Å². The van der Waals surface area contributed by atoms with Crippen LogP contribution in [0.5, 0.6) is 0 Å². The summed E-state index contributed by atoms with van der Waals surface area (Å²) in [6.07, 6.45) is 1.42. The second kappa shape index (κ2) is 4.08. The van der Waals surface area contributed by atoms with E-state index < -0.39 is 11.5 Å². The summed E-state index contributed by atoms with van der Waals surface area (Å²) in [7, 11) is 0. The van der Waals surface area contributed by atoms with Crippen molar-refractivity contribution in [3.8, 4) is 0 Å². The average molecular weight is 235 g/mol. The second-order valence-electron chi connectivity index (χ2n) is 3.12. The number of fused-ring (bicyclic) bond motifs is 1. The fraction of sp³-hybridized carbons (Fsp3) is 0.111. The van der Waals surface area contributed by atoms with Gasteiger partial charge in [0.1, 0.15) is 6.61 Å². The zero-order valence-electron chi connectivity index (χ0n) is 8.69. The van der Waals surface area contributed by atoms with E-state index in [9.17, 15) is 9.59 Å². The number of nitrogen functional groups attached to an aromatic ring is 1. The number of carbonyl (C=O) groups excluding carboxylic acids is 1. The molecule has 0 saturated carbocycles. The molecular formula is C9H9N5O3. The van der Waals surface area contributed by atoms with Gasteiger partial charge in [-0.1, -0.05) is 12.7 Å². The lowest BCUT2D eigenvalue weighted by atomic mass is 10.5. The number of carbonyl (C=O) groups is 1. The molecule has 0 aliphatic heterocycles. The highest BCUT2D eigenvalue weighted by Crippen LogP contribution is 2.05. The lowest BCUT2D eigenvalue weighted by molar-refractivity contribution is 0.0537. The highest BCUT2D eigenvalue weighted by Gasteiger charge is 2.15. The van der Waals surface area contributed by atoms with Crippen LogP contribution in [0, 0.1) is 0 Å². The van der Waals surface area contributed by atoms with Crippen LogP contribution < -0.4 is 11.3 Å². The third-order valence-electron chi connectivity index (χ3n) is 1.91. The van der Waals surface area contributed by atoms with Gasteiger partial charge in [-0.15, -0.1) is 0 Å². The quantitative estimate of drug-likeness (QED) is 0.489. The van der Waals surface area contributed by atoms with E-state index in [4.69, 9.17) is 10.5 Å². The number of anilines is 1. The van der Waals surface area contributed by atoms with Crippen LogP contribution in [0.3, 0.4) is 0 Å². The second-order valence-corrected chi connectivity index (χ2v) is 3.12. The summed E-state index contributed by atoms with van der Waals surface area (Å²) in [5, 5.41) is 0. The number of nitrogens with two attached hydrogens (primary N) is 1. The maximum Gasteiger partial charge on any atom is 0.374 e. The minimum absolute atomic E-state index is 0.0573. The molecule has 0 amide bonds. The Hall–Kier alpha value is -2.64. The molecule has 2 heterocycles. The number of nitrogens with zero attached hydrogens (tertiary/aromatic N) is 2. The summed E-state index contributed by atoms with van der Waals surface area (Å²) >= 11 is 0. The molecule has 0 aliphatic rings. The fourth-order valence-corrected chi connectivity index (χ4v) is 1.22. The fourth-order valence-electron chi connectivity index (χ4n) is 1.22. The summed E-state index contributed by atoms with van der Waals surface area (Å²) in [6, 6.07) is 0. The molecule has 2 aromatic heterocycles. The Morgan fingerprint density at radius 3 is 2.94 bits per heavy atom. The first kappa shape index (κ1) is 10.9.